The lowest BCUT2D eigenvalue weighted by Gasteiger charge is -2.20. The van der Waals surface area contributed by atoms with Gasteiger partial charge in [0.25, 0.3) is 0 Å². The topological polar surface area (TPSA) is 61.5 Å². The number of nitrogens with two attached hydrogens (primary N) is 1. The summed E-state index contributed by atoms with van der Waals surface area (Å²) >= 11 is 0. The summed E-state index contributed by atoms with van der Waals surface area (Å²) < 4.78 is 10.5. The van der Waals surface area contributed by atoms with Crippen molar-refractivity contribution in [3.63, 3.8) is 0 Å². The van der Waals surface area contributed by atoms with Crippen LogP contribution in [0.25, 0.3) is 0 Å². The molecule has 13 heavy (non-hydrogen) atoms. The molecule has 2 aliphatic rings. The lowest BCUT2D eigenvalue weighted by atomic mass is 9.86. The zero-order chi connectivity index (χ0) is 9.42. The molecule has 0 radical (unpaired) electrons. The average molecular weight is 185 g/mol. The maximum atomic E-state index is 11.4. The maximum Gasteiger partial charge on any atom is 0.311 e. The van der Waals surface area contributed by atoms with Gasteiger partial charge in [0.15, 0.2) is 0 Å². The molecule has 2 bridgehead atoms. The molecular weight excluding hydrogens is 170 g/mol. The highest BCUT2D eigenvalue weighted by atomic mass is 16.5. The molecule has 2 heterocycles. The van der Waals surface area contributed by atoms with Crippen molar-refractivity contribution in [2.45, 2.75) is 38.0 Å². The van der Waals surface area contributed by atoms with Crippen molar-refractivity contribution in [2.24, 2.45) is 11.7 Å². The molecule has 0 aliphatic carbocycles. The van der Waals surface area contributed by atoms with E-state index in [4.69, 9.17) is 15.2 Å². The zero-order valence-corrected chi connectivity index (χ0v) is 7.73. The number of carbonyl (C=O) groups excluding carboxylic acids is 1. The number of hydrogen-bond acceptors (Lipinski definition) is 4. The molecule has 74 valence electrons. The summed E-state index contributed by atoms with van der Waals surface area (Å²) in [6.45, 7) is 2.26. The first kappa shape index (κ1) is 8.97. The first-order valence-electron chi connectivity index (χ1n) is 4.80. The van der Waals surface area contributed by atoms with Crippen LogP contribution < -0.4 is 5.73 Å². The first-order valence-corrected chi connectivity index (χ1v) is 4.80. The highest BCUT2D eigenvalue weighted by molar-refractivity contribution is 5.73. The first-order chi connectivity index (χ1) is 6.22. The van der Waals surface area contributed by atoms with Gasteiger partial charge in [-0.2, -0.15) is 0 Å². The van der Waals surface area contributed by atoms with Gasteiger partial charge in [-0.3, -0.25) is 4.79 Å². The summed E-state index contributed by atoms with van der Waals surface area (Å²) in [6.07, 6.45) is 1.64. The third-order valence-electron chi connectivity index (χ3n) is 2.86. The van der Waals surface area contributed by atoms with Crippen LogP contribution in [0.3, 0.4) is 0 Å². The molecule has 2 fully saturated rings. The van der Waals surface area contributed by atoms with Crippen LogP contribution in [0.1, 0.15) is 19.8 Å². The molecule has 0 saturated carbocycles. The van der Waals surface area contributed by atoms with Crippen LogP contribution in [-0.2, 0) is 14.3 Å². The fourth-order valence-electron chi connectivity index (χ4n) is 2.19. The van der Waals surface area contributed by atoms with E-state index in [1.165, 1.54) is 0 Å². The molecule has 2 rings (SSSR count). The van der Waals surface area contributed by atoms with Gasteiger partial charge in [-0.15, -0.1) is 0 Å². The van der Waals surface area contributed by atoms with Gasteiger partial charge in [-0.25, -0.2) is 0 Å². The third-order valence-corrected chi connectivity index (χ3v) is 2.86. The normalized spacial score (nSPS) is 42.3. The number of esters is 1. The minimum absolute atomic E-state index is 0.0130. The summed E-state index contributed by atoms with van der Waals surface area (Å²) in [5.41, 5.74) is 5.78. The van der Waals surface area contributed by atoms with Crippen molar-refractivity contribution in [1.29, 1.82) is 0 Å². The molecule has 0 amide bonds. The number of fused-ring (bicyclic) bond motifs is 2. The molecule has 4 nitrogen and oxygen atoms in total. The van der Waals surface area contributed by atoms with Crippen LogP contribution in [-0.4, -0.2) is 30.8 Å². The van der Waals surface area contributed by atoms with E-state index in [1.54, 1.807) is 0 Å². The number of ether oxygens (including phenoxy) is 2. The highest BCUT2D eigenvalue weighted by Gasteiger charge is 2.49. The van der Waals surface area contributed by atoms with Crippen LogP contribution >= 0.6 is 0 Å². The van der Waals surface area contributed by atoms with Crippen LogP contribution in [0, 0.1) is 5.92 Å². The Hall–Kier alpha value is -0.610. The third kappa shape index (κ3) is 1.44. The van der Waals surface area contributed by atoms with E-state index in [2.05, 4.69) is 0 Å². The predicted octanol–water partition coefficient (Wildman–Crippen LogP) is 0.0542. The minimum atomic E-state index is -0.123. The molecule has 2 N–H and O–H groups in total. The molecule has 2 saturated heterocycles. The van der Waals surface area contributed by atoms with Gasteiger partial charge in [0.1, 0.15) is 0 Å². The van der Waals surface area contributed by atoms with Crippen molar-refractivity contribution in [1.82, 2.24) is 0 Å². The molecule has 0 aromatic heterocycles. The summed E-state index contributed by atoms with van der Waals surface area (Å²) in [4.78, 5) is 11.4. The van der Waals surface area contributed by atoms with E-state index in [1.807, 2.05) is 6.92 Å². The molecule has 0 spiro atoms. The molecule has 3 unspecified atom stereocenters. The quantitative estimate of drug-likeness (QED) is 0.618. The Kier molecular flexibility index (Phi) is 2.26. The highest BCUT2D eigenvalue weighted by Crippen LogP contribution is 2.38. The van der Waals surface area contributed by atoms with Crippen LogP contribution in [0.2, 0.25) is 0 Å². The van der Waals surface area contributed by atoms with Crippen molar-refractivity contribution in [3.8, 4) is 0 Å². The van der Waals surface area contributed by atoms with E-state index in [9.17, 15) is 4.79 Å². The smallest absolute Gasteiger partial charge is 0.311 e. The fourth-order valence-corrected chi connectivity index (χ4v) is 2.19. The Bertz CT molecular complexity index is 217. The number of hydrogen-bond donors (Lipinski definition) is 1. The van der Waals surface area contributed by atoms with E-state index in [0.29, 0.717) is 6.61 Å². The van der Waals surface area contributed by atoms with Gasteiger partial charge >= 0.3 is 5.97 Å². The standard InChI is InChI=1S/C9H15NO3/c1-2-12-9(11)5-3-8-6(10)4-7(5)13-8/h5-8H,2-4,10H2,1H3/t5-,6?,7?,8?/m0/s1. The summed E-state index contributed by atoms with van der Waals surface area (Å²) in [5.74, 6) is -0.188. The Morgan fingerprint density at radius 3 is 2.77 bits per heavy atom. The summed E-state index contributed by atoms with van der Waals surface area (Å²) in [5, 5.41) is 0. The van der Waals surface area contributed by atoms with E-state index in [-0.39, 0.29) is 30.1 Å². The van der Waals surface area contributed by atoms with Gasteiger partial charge in [-0.1, -0.05) is 0 Å². The second-order valence-electron chi connectivity index (χ2n) is 3.71. The molecule has 4 atom stereocenters. The van der Waals surface area contributed by atoms with Gasteiger partial charge < -0.3 is 15.2 Å². The van der Waals surface area contributed by atoms with Crippen molar-refractivity contribution in [3.05, 3.63) is 0 Å². The Morgan fingerprint density at radius 1 is 1.54 bits per heavy atom. The second kappa shape index (κ2) is 3.27. The predicted molar refractivity (Wildman–Crippen MR) is 46.0 cm³/mol. The molecule has 4 heteroatoms. The lowest BCUT2D eigenvalue weighted by molar-refractivity contribution is -0.149. The SMILES string of the molecule is CCOC(=O)[C@H]1CC2OC1CC2N. The summed E-state index contributed by atoms with van der Waals surface area (Å²) in [7, 11) is 0. The maximum absolute atomic E-state index is 11.4. The van der Waals surface area contributed by atoms with E-state index >= 15 is 0 Å². The van der Waals surface area contributed by atoms with Gasteiger partial charge in [0.05, 0.1) is 24.7 Å². The fraction of sp³-hybridized carbons (Fsp3) is 0.889. The zero-order valence-electron chi connectivity index (χ0n) is 7.73. The molecule has 2 aliphatic heterocycles. The largest absolute Gasteiger partial charge is 0.466 e. The van der Waals surface area contributed by atoms with Crippen molar-refractivity contribution >= 4 is 5.97 Å². The Labute approximate surface area is 77.4 Å². The number of carbonyl (C=O) groups is 1. The minimum Gasteiger partial charge on any atom is -0.466 e. The Morgan fingerprint density at radius 2 is 2.31 bits per heavy atom. The van der Waals surface area contributed by atoms with Crippen LogP contribution in [0.5, 0.6) is 0 Å². The number of rotatable bonds is 2. The second-order valence-corrected chi connectivity index (χ2v) is 3.71. The van der Waals surface area contributed by atoms with Gasteiger partial charge in [-0.05, 0) is 19.8 Å². The summed E-state index contributed by atoms with van der Waals surface area (Å²) in [6, 6.07) is 0.121. The molecule has 0 aromatic carbocycles. The van der Waals surface area contributed by atoms with Crippen LogP contribution in [0.15, 0.2) is 0 Å². The lowest BCUT2D eigenvalue weighted by Crippen LogP contribution is -2.37. The van der Waals surface area contributed by atoms with Crippen molar-refractivity contribution < 1.29 is 14.3 Å². The monoisotopic (exact) mass is 185 g/mol. The molecule has 0 aromatic rings. The van der Waals surface area contributed by atoms with Gasteiger partial charge in [0.2, 0.25) is 0 Å². The molecular formula is C9H15NO3. The Balaban J connectivity index is 1.95. The van der Waals surface area contributed by atoms with Crippen molar-refractivity contribution in [2.75, 3.05) is 6.61 Å². The van der Waals surface area contributed by atoms with Crippen LogP contribution in [0.4, 0.5) is 0 Å². The average Bonchev–Trinajstić information content (AvgIpc) is 2.62. The van der Waals surface area contributed by atoms with Gasteiger partial charge in [0, 0.05) is 6.04 Å². The van der Waals surface area contributed by atoms with E-state index < -0.39 is 0 Å². The van der Waals surface area contributed by atoms with E-state index in [0.717, 1.165) is 12.8 Å².